The van der Waals surface area contributed by atoms with Crippen molar-refractivity contribution >= 4 is 22.5 Å². The van der Waals surface area contributed by atoms with Crippen LogP contribution in [0, 0.1) is 0 Å². The van der Waals surface area contributed by atoms with Crippen LogP contribution >= 0.6 is 0 Å². The monoisotopic (exact) mass is 394 g/mol. The number of aromatic nitrogens is 2. The number of hydrogen-bond acceptors (Lipinski definition) is 5. The summed E-state index contributed by atoms with van der Waals surface area (Å²) in [6.45, 7) is 4.37. The van der Waals surface area contributed by atoms with Crippen LogP contribution in [0.3, 0.4) is 0 Å². The molecule has 0 unspecified atom stereocenters. The number of nitrogens with one attached hydrogen (secondary N) is 2. The molecule has 0 bridgehead atoms. The summed E-state index contributed by atoms with van der Waals surface area (Å²) in [5.74, 6) is 1.43. The zero-order valence-electron chi connectivity index (χ0n) is 16.6. The topological polar surface area (TPSA) is 79.5 Å². The molecular formula is C22H26N4O3. The van der Waals surface area contributed by atoms with Crippen LogP contribution in [0.2, 0.25) is 0 Å². The molecule has 1 fully saturated rings. The van der Waals surface area contributed by atoms with Crippen LogP contribution in [0.15, 0.2) is 42.5 Å². The average Bonchev–Trinajstić information content (AvgIpc) is 3.21. The fourth-order valence-corrected chi connectivity index (χ4v) is 3.70. The van der Waals surface area contributed by atoms with E-state index >= 15 is 0 Å². The van der Waals surface area contributed by atoms with Crippen LogP contribution in [0.25, 0.3) is 22.0 Å². The van der Waals surface area contributed by atoms with Crippen LogP contribution in [-0.4, -0.2) is 61.0 Å². The van der Waals surface area contributed by atoms with Gasteiger partial charge in [-0.2, -0.15) is 5.10 Å². The third-order valence-corrected chi connectivity index (χ3v) is 5.21. The Kier molecular flexibility index (Phi) is 6.07. The Labute approximate surface area is 170 Å². The number of carbonyl (C=O) groups is 1. The van der Waals surface area contributed by atoms with E-state index in [1.54, 1.807) is 7.11 Å². The van der Waals surface area contributed by atoms with Crippen LogP contribution < -0.4 is 10.1 Å². The predicted octanol–water partition coefficient (Wildman–Crippen LogP) is 3.29. The van der Waals surface area contributed by atoms with Crippen LogP contribution in [0.5, 0.6) is 5.75 Å². The van der Waals surface area contributed by atoms with Gasteiger partial charge in [0.25, 0.3) is 0 Å². The highest BCUT2D eigenvalue weighted by Crippen LogP contribution is 2.34. The van der Waals surface area contributed by atoms with Gasteiger partial charge in [-0.15, -0.1) is 0 Å². The first-order chi connectivity index (χ1) is 14.2. The number of H-pyrrole nitrogens is 1. The lowest BCUT2D eigenvalue weighted by atomic mass is 10.0. The van der Waals surface area contributed by atoms with Gasteiger partial charge in [-0.1, -0.05) is 24.3 Å². The van der Waals surface area contributed by atoms with E-state index in [9.17, 15) is 4.79 Å². The zero-order valence-corrected chi connectivity index (χ0v) is 16.6. The minimum Gasteiger partial charge on any atom is -0.496 e. The van der Waals surface area contributed by atoms with Crippen molar-refractivity contribution < 1.29 is 14.3 Å². The summed E-state index contributed by atoms with van der Waals surface area (Å²) >= 11 is 0. The zero-order chi connectivity index (χ0) is 20.1. The summed E-state index contributed by atoms with van der Waals surface area (Å²) < 4.78 is 10.8. The maximum Gasteiger partial charge on any atom is 0.225 e. The summed E-state index contributed by atoms with van der Waals surface area (Å²) in [6.07, 6.45) is 1.31. The van der Waals surface area contributed by atoms with E-state index in [1.165, 1.54) is 0 Å². The van der Waals surface area contributed by atoms with Crippen molar-refractivity contribution in [3.05, 3.63) is 42.5 Å². The number of methoxy groups -OCH3 is 1. The molecule has 3 aromatic rings. The van der Waals surface area contributed by atoms with E-state index < -0.39 is 0 Å². The van der Waals surface area contributed by atoms with Gasteiger partial charge < -0.3 is 14.8 Å². The number of amides is 1. The molecule has 152 valence electrons. The van der Waals surface area contributed by atoms with Crippen molar-refractivity contribution in [3.63, 3.8) is 0 Å². The Morgan fingerprint density at radius 1 is 1.21 bits per heavy atom. The number of fused-ring (bicyclic) bond motifs is 1. The number of ether oxygens (including phenoxy) is 2. The molecule has 7 heteroatoms. The Bertz CT molecular complexity index is 979. The second-order valence-corrected chi connectivity index (χ2v) is 7.13. The predicted molar refractivity (Wildman–Crippen MR) is 113 cm³/mol. The number of benzene rings is 2. The minimum atomic E-state index is -0.00644. The number of hydrogen-bond donors (Lipinski definition) is 2. The molecule has 0 radical (unpaired) electrons. The first-order valence-corrected chi connectivity index (χ1v) is 9.96. The molecule has 0 atom stereocenters. The smallest absolute Gasteiger partial charge is 0.225 e. The van der Waals surface area contributed by atoms with Crippen molar-refractivity contribution in [2.75, 3.05) is 45.3 Å². The molecule has 2 heterocycles. The maximum atomic E-state index is 12.3. The van der Waals surface area contributed by atoms with E-state index in [-0.39, 0.29) is 5.91 Å². The lowest BCUT2D eigenvalue weighted by Crippen LogP contribution is -2.37. The highest BCUT2D eigenvalue weighted by atomic mass is 16.5. The first-order valence-electron chi connectivity index (χ1n) is 9.96. The molecule has 0 saturated carbocycles. The van der Waals surface area contributed by atoms with Gasteiger partial charge in [0.05, 0.1) is 26.0 Å². The van der Waals surface area contributed by atoms with Gasteiger partial charge in [0, 0.05) is 36.5 Å². The lowest BCUT2D eigenvalue weighted by molar-refractivity contribution is -0.116. The average molecular weight is 394 g/mol. The number of rotatable bonds is 7. The fraction of sp³-hybridized carbons (Fsp3) is 0.364. The fourth-order valence-electron chi connectivity index (χ4n) is 3.70. The molecular weight excluding hydrogens is 368 g/mol. The quantitative estimate of drug-likeness (QED) is 0.643. The number of anilines is 1. The molecule has 2 aromatic carbocycles. The Morgan fingerprint density at radius 3 is 2.79 bits per heavy atom. The Morgan fingerprint density at radius 2 is 2.00 bits per heavy atom. The summed E-state index contributed by atoms with van der Waals surface area (Å²) in [6, 6.07) is 13.9. The van der Waals surface area contributed by atoms with Crippen LogP contribution in [-0.2, 0) is 9.53 Å². The first kappa shape index (κ1) is 19.4. The summed E-state index contributed by atoms with van der Waals surface area (Å²) in [4.78, 5) is 14.6. The maximum absolute atomic E-state index is 12.3. The number of nitrogens with zero attached hydrogens (tertiary/aromatic N) is 2. The van der Waals surface area contributed by atoms with Gasteiger partial charge in [0.15, 0.2) is 0 Å². The molecule has 7 nitrogen and oxygen atoms in total. The van der Waals surface area contributed by atoms with Gasteiger partial charge in [0.2, 0.25) is 5.91 Å². The van der Waals surface area contributed by atoms with Gasteiger partial charge in [-0.25, -0.2) is 0 Å². The molecule has 1 aromatic heterocycles. The van der Waals surface area contributed by atoms with Gasteiger partial charge in [-0.05, 0) is 30.5 Å². The molecule has 29 heavy (non-hydrogen) atoms. The second kappa shape index (κ2) is 9.07. The van der Waals surface area contributed by atoms with Crippen molar-refractivity contribution in [3.8, 4) is 17.0 Å². The summed E-state index contributed by atoms with van der Waals surface area (Å²) in [5, 5.41) is 12.3. The Balaban J connectivity index is 1.40. The highest BCUT2D eigenvalue weighted by Gasteiger charge is 2.13. The molecule has 2 N–H and O–H groups in total. The lowest BCUT2D eigenvalue weighted by Gasteiger charge is -2.26. The molecule has 0 spiro atoms. The standard InChI is InChI=1S/C22H26N4O3/c1-28-20-9-8-17(16-5-2-3-6-18(16)20)19-15-21(25-24-19)23-22(27)7-4-10-26-11-13-29-14-12-26/h2-3,5-6,8-9,15H,4,7,10-14H2,1H3,(H2,23,24,25,27). The third kappa shape index (κ3) is 4.58. The summed E-state index contributed by atoms with van der Waals surface area (Å²) in [5.41, 5.74) is 1.78. The second-order valence-electron chi connectivity index (χ2n) is 7.13. The normalized spacial score (nSPS) is 14.8. The number of aromatic amines is 1. The van der Waals surface area contributed by atoms with Crippen LogP contribution in [0.4, 0.5) is 5.82 Å². The van der Waals surface area contributed by atoms with E-state index in [1.807, 2.05) is 42.5 Å². The minimum absolute atomic E-state index is 0.00644. The van der Waals surface area contributed by atoms with Crippen molar-refractivity contribution in [2.45, 2.75) is 12.8 Å². The van der Waals surface area contributed by atoms with Crippen molar-refractivity contribution in [2.24, 2.45) is 0 Å². The van der Waals surface area contributed by atoms with Gasteiger partial charge >= 0.3 is 0 Å². The van der Waals surface area contributed by atoms with Crippen LogP contribution in [0.1, 0.15) is 12.8 Å². The van der Waals surface area contributed by atoms with E-state index in [4.69, 9.17) is 9.47 Å². The molecule has 4 rings (SSSR count). The largest absolute Gasteiger partial charge is 0.496 e. The Hall–Kier alpha value is -2.90. The molecule has 1 aliphatic heterocycles. The number of carbonyl (C=O) groups excluding carboxylic acids is 1. The summed E-state index contributed by atoms with van der Waals surface area (Å²) in [7, 11) is 1.67. The van der Waals surface area contributed by atoms with E-state index in [0.717, 1.165) is 67.0 Å². The SMILES string of the molecule is COc1ccc(-c2cc(NC(=O)CCCN3CCOCC3)[nH]n2)c2ccccc12. The van der Waals surface area contributed by atoms with Gasteiger partial charge in [0.1, 0.15) is 11.6 Å². The number of morpholine rings is 1. The van der Waals surface area contributed by atoms with Gasteiger partial charge in [-0.3, -0.25) is 14.8 Å². The molecule has 0 aliphatic carbocycles. The molecule has 1 saturated heterocycles. The molecule has 1 amide bonds. The highest BCUT2D eigenvalue weighted by molar-refractivity contribution is 6.00. The van der Waals surface area contributed by atoms with E-state index in [0.29, 0.717) is 12.2 Å². The third-order valence-electron chi connectivity index (χ3n) is 5.21. The van der Waals surface area contributed by atoms with Crippen molar-refractivity contribution in [1.29, 1.82) is 0 Å². The molecule has 1 aliphatic rings. The van der Waals surface area contributed by atoms with Crippen molar-refractivity contribution in [1.82, 2.24) is 15.1 Å². The van der Waals surface area contributed by atoms with E-state index in [2.05, 4.69) is 20.4 Å².